The third-order valence-corrected chi connectivity index (χ3v) is 5.33. The number of aromatic nitrogens is 2. The molecule has 3 aromatic rings. The molecule has 0 aliphatic carbocycles. The maximum atomic E-state index is 12.1. The second kappa shape index (κ2) is 7.90. The first-order valence-corrected chi connectivity index (χ1v) is 9.37. The average molecular weight is 364 g/mol. The van der Waals surface area contributed by atoms with Crippen molar-refractivity contribution in [3.05, 3.63) is 66.1 Å². The summed E-state index contributed by atoms with van der Waals surface area (Å²) in [5, 5.41) is 10.9. The van der Waals surface area contributed by atoms with Crippen LogP contribution in [0.4, 0.5) is 0 Å². The number of aliphatic carboxylic acids is 1. The highest BCUT2D eigenvalue weighted by Gasteiger charge is 2.31. The topological polar surface area (TPSA) is 72.5 Å². The minimum Gasteiger partial charge on any atom is -0.480 e. The number of H-pyrrole nitrogens is 1. The van der Waals surface area contributed by atoms with Gasteiger partial charge in [-0.1, -0.05) is 24.3 Å². The molecular formula is C21H24N4O2. The van der Waals surface area contributed by atoms with Gasteiger partial charge in [-0.2, -0.15) is 0 Å². The molecule has 6 nitrogen and oxygen atoms in total. The van der Waals surface area contributed by atoms with Gasteiger partial charge in [-0.05, 0) is 18.2 Å². The Morgan fingerprint density at radius 2 is 1.89 bits per heavy atom. The van der Waals surface area contributed by atoms with E-state index in [4.69, 9.17) is 0 Å². The van der Waals surface area contributed by atoms with E-state index in [0.29, 0.717) is 0 Å². The van der Waals surface area contributed by atoms with Gasteiger partial charge in [0.15, 0.2) is 0 Å². The number of carboxylic acid groups (broad SMARTS) is 1. The fourth-order valence-corrected chi connectivity index (χ4v) is 3.87. The number of fused-ring (bicyclic) bond motifs is 1. The van der Waals surface area contributed by atoms with Crippen molar-refractivity contribution < 1.29 is 9.90 Å². The van der Waals surface area contributed by atoms with Gasteiger partial charge in [0, 0.05) is 73.7 Å². The first kappa shape index (κ1) is 17.7. The summed E-state index contributed by atoms with van der Waals surface area (Å²) < 4.78 is 0. The van der Waals surface area contributed by atoms with E-state index < -0.39 is 12.0 Å². The van der Waals surface area contributed by atoms with Gasteiger partial charge in [-0.3, -0.25) is 14.7 Å². The second-order valence-corrected chi connectivity index (χ2v) is 6.98. The summed E-state index contributed by atoms with van der Waals surface area (Å²) in [5.74, 6) is -0.790. The van der Waals surface area contributed by atoms with Gasteiger partial charge in [0.2, 0.25) is 0 Å². The van der Waals surface area contributed by atoms with E-state index >= 15 is 0 Å². The van der Waals surface area contributed by atoms with Gasteiger partial charge < -0.3 is 15.0 Å². The number of piperazine rings is 1. The van der Waals surface area contributed by atoms with E-state index in [1.54, 1.807) is 0 Å². The summed E-state index contributed by atoms with van der Waals surface area (Å²) in [6.07, 6.45) is 4.59. The van der Waals surface area contributed by atoms with Crippen LogP contribution < -0.4 is 0 Å². The first-order valence-electron chi connectivity index (χ1n) is 9.37. The summed E-state index contributed by atoms with van der Waals surface area (Å²) in [6.45, 7) is 4.20. The van der Waals surface area contributed by atoms with Crippen molar-refractivity contribution in [2.75, 3.05) is 32.7 Å². The summed E-state index contributed by atoms with van der Waals surface area (Å²) in [4.78, 5) is 24.1. The molecule has 27 heavy (non-hydrogen) atoms. The van der Waals surface area contributed by atoms with Crippen molar-refractivity contribution in [1.82, 2.24) is 19.8 Å². The highest BCUT2D eigenvalue weighted by Crippen LogP contribution is 2.29. The van der Waals surface area contributed by atoms with Crippen LogP contribution in [0.25, 0.3) is 10.9 Å². The highest BCUT2D eigenvalue weighted by molar-refractivity contribution is 5.89. The smallest absolute Gasteiger partial charge is 0.325 e. The fraction of sp³-hybridized carbons (Fsp3) is 0.333. The average Bonchev–Trinajstić information content (AvgIpc) is 3.12. The van der Waals surface area contributed by atoms with E-state index in [1.165, 1.54) is 0 Å². The lowest BCUT2D eigenvalue weighted by Gasteiger charge is -2.37. The predicted octanol–water partition coefficient (Wildman–Crippen LogP) is 2.55. The van der Waals surface area contributed by atoms with Crippen molar-refractivity contribution in [2.24, 2.45) is 0 Å². The normalized spacial score (nSPS) is 17.2. The van der Waals surface area contributed by atoms with Gasteiger partial charge in [-0.25, -0.2) is 0 Å². The van der Waals surface area contributed by atoms with Crippen LogP contribution in [0.1, 0.15) is 17.3 Å². The van der Waals surface area contributed by atoms with Gasteiger partial charge in [0.1, 0.15) is 6.04 Å². The van der Waals surface area contributed by atoms with E-state index in [9.17, 15) is 9.90 Å². The minimum absolute atomic E-state index is 0.612. The molecule has 4 rings (SSSR count). The summed E-state index contributed by atoms with van der Waals surface area (Å²) >= 11 is 0. The van der Waals surface area contributed by atoms with Crippen LogP contribution in [0, 0.1) is 0 Å². The monoisotopic (exact) mass is 364 g/mol. The molecular weight excluding hydrogens is 340 g/mol. The van der Waals surface area contributed by atoms with Gasteiger partial charge in [0.25, 0.3) is 0 Å². The van der Waals surface area contributed by atoms with E-state index in [2.05, 4.69) is 19.8 Å². The van der Waals surface area contributed by atoms with Crippen molar-refractivity contribution in [2.45, 2.75) is 12.5 Å². The molecule has 1 saturated heterocycles. The van der Waals surface area contributed by atoms with Crippen LogP contribution in [0.5, 0.6) is 0 Å². The molecule has 0 spiro atoms. The molecule has 1 aliphatic rings. The summed E-state index contributed by atoms with van der Waals surface area (Å²) in [5.41, 5.74) is 2.93. The third-order valence-electron chi connectivity index (χ3n) is 5.33. The number of nitrogens with zero attached hydrogens (tertiary/aromatic N) is 3. The van der Waals surface area contributed by atoms with Crippen LogP contribution in [0.15, 0.2) is 54.9 Å². The highest BCUT2D eigenvalue weighted by atomic mass is 16.4. The number of para-hydroxylation sites is 1. The largest absolute Gasteiger partial charge is 0.480 e. The lowest BCUT2D eigenvalue weighted by molar-refractivity contribution is -0.144. The maximum Gasteiger partial charge on any atom is 0.325 e. The van der Waals surface area contributed by atoms with Crippen molar-refractivity contribution in [3.63, 3.8) is 0 Å². The molecule has 1 fully saturated rings. The molecule has 0 unspecified atom stereocenters. The molecule has 2 aromatic heterocycles. The SMILES string of the molecule is O=C(O)[C@H](c1c[nH]c2ccccc12)N1CCN(CCc2ccccn2)CC1. The third kappa shape index (κ3) is 3.86. The Hall–Kier alpha value is -2.70. The minimum atomic E-state index is -0.790. The number of nitrogens with one attached hydrogen (secondary N) is 1. The molecule has 1 atom stereocenters. The van der Waals surface area contributed by atoms with Crippen LogP contribution >= 0.6 is 0 Å². The van der Waals surface area contributed by atoms with Gasteiger partial charge in [-0.15, -0.1) is 0 Å². The Bertz CT molecular complexity index is 901. The Labute approximate surface area is 158 Å². The van der Waals surface area contributed by atoms with Crippen LogP contribution in [-0.2, 0) is 11.2 Å². The Balaban J connectivity index is 1.41. The molecule has 1 aliphatic heterocycles. The lowest BCUT2D eigenvalue weighted by atomic mass is 10.0. The zero-order chi connectivity index (χ0) is 18.6. The molecule has 0 saturated carbocycles. The van der Waals surface area contributed by atoms with E-state index in [-0.39, 0.29) is 0 Å². The first-order chi connectivity index (χ1) is 13.2. The zero-order valence-electron chi connectivity index (χ0n) is 15.2. The Kier molecular flexibility index (Phi) is 5.18. The number of pyridine rings is 1. The fourth-order valence-electron chi connectivity index (χ4n) is 3.87. The Morgan fingerprint density at radius 1 is 1.11 bits per heavy atom. The predicted molar refractivity (Wildman–Crippen MR) is 105 cm³/mol. The van der Waals surface area contributed by atoms with Crippen molar-refractivity contribution >= 4 is 16.9 Å². The molecule has 0 radical (unpaired) electrons. The van der Waals surface area contributed by atoms with Crippen LogP contribution in [0.2, 0.25) is 0 Å². The molecule has 2 N–H and O–H groups in total. The molecule has 3 heterocycles. The maximum absolute atomic E-state index is 12.1. The number of carboxylic acids is 1. The quantitative estimate of drug-likeness (QED) is 0.703. The lowest BCUT2D eigenvalue weighted by Crippen LogP contribution is -2.49. The number of benzene rings is 1. The molecule has 140 valence electrons. The van der Waals surface area contributed by atoms with Crippen LogP contribution in [0.3, 0.4) is 0 Å². The van der Waals surface area contributed by atoms with Crippen molar-refractivity contribution in [3.8, 4) is 0 Å². The number of carbonyl (C=O) groups is 1. The van der Waals surface area contributed by atoms with Crippen molar-refractivity contribution in [1.29, 1.82) is 0 Å². The summed E-state index contributed by atoms with van der Waals surface area (Å²) in [6, 6.07) is 13.3. The number of hydrogen-bond donors (Lipinski definition) is 2. The second-order valence-electron chi connectivity index (χ2n) is 6.98. The number of aromatic amines is 1. The molecule has 6 heteroatoms. The molecule has 0 amide bonds. The Morgan fingerprint density at radius 3 is 2.63 bits per heavy atom. The molecule has 1 aromatic carbocycles. The summed E-state index contributed by atoms with van der Waals surface area (Å²) in [7, 11) is 0. The molecule has 0 bridgehead atoms. The zero-order valence-corrected chi connectivity index (χ0v) is 15.2. The van der Waals surface area contributed by atoms with E-state index in [1.807, 2.05) is 54.9 Å². The number of hydrogen-bond acceptors (Lipinski definition) is 4. The van der Waals surface area contributed by atoms with E-state index in [0.717, 1.165) is 61.3 Å². The van der Waals surface area contributed by atoms with Gasteiger partial charge >= 0.3 is 5.97 Å². The van der Waals surface area contributed by atoms with Crippen LogP contribution in [-0.4, -0.2) is 63.6 Å². The van der Waals surface area contributed by atoms with Gasteiger partial charge in [0.05, 0.1) is 0 Å². The standard InChI is InChI=1S/C21H24N4O2/c26-21(27)20(18-15-23-19-7-2-1-6-17(18)19)25-13-11-24(12-14-25)10-8-16-5-3-4-9-22-16/h1-7,9,15,20,23H,8,10-14H2,(H,26,27)/t20-/m0/s1. The number of rotatable bonds is 6.